The van der Waals surface area contributed by atoms with Crippen LogP contribution in [0.5, 0.6) is 0 Å². The van der Waals surface area contributed by atoms with Gasteiger partial charge in [-0.1, -0.05) is 140 Å². The number of hydrogen-bond donors (Lipinski definition) is 0. The monoisotopic (exact) mass is 807 g/mol. The molecule has 7 nitrogen and oxygen atoms in total. The molecule has 0 atom stereocenters. The maximum Gasteiger partial charge on any atom is 0.228 e. The van der Waals surface area contributed by atoms with Gasteiger partial charge < -0.3 is 8.83 Å². The van der Waals surface area contributed by atoms with E-state index in [9.17, 15) is 0 Å². The van der Waals surface area contributed by atoms with Crippen molar-refractivity contribution in [1.82, 2.24) is 19.9 Å². The van der Waals surface area contributed by atoms with Gasteiger partial charge in [-0.3, -0.25) is 4.90 Å². The summed E-state index contributed by atoms with van der Waals surface area (Å²) in [5, 5.41) is 11.5. The summed E-state index contributed by atoms with van der Waals surface area (Å²) in [6.45, 7) is 0. The van der Waals surface area contributed by atoms with E-state index in [4.69, 9.17) is 28.8 Å². The average molecular weight is 808 g/mol. The maximum atomic E-state index is 6.37. The molecule has 4 heterocycles. The van der Waals surface area contributed by atoms with Gasteiger partial charge in [0.05, 0.1) is 12.4 Å². The van der Waals surface area contributed by atoms with Crippen molar-refractivity contribution < 1.29 is 8.83 Å². The fourth-order valence-corrected chi connectivity index (χ4v) is 9.07. The first kappa shape index (κ1) is 35.1. The van der Waals surface area contributed by atoms with Crippen LogP contribution in [0.2, 0.25) is 0 Å². The summed E-state index contributed by atoms with van der Waals surface area (Å²) in [6, 6.07) is 65.6. The van der Waals surface area contributed by atoms with Crippen molar-refractivity contribution in [3.05, 3.63) is 200 Å². The second-order valence-electron chi connectivity index (χ2n) is 15.9. The average Bonchev–Trinajstić information content (AvgIpc) is 3.97. The number of fused-ring (bicyclic) bond motifs is 8. The highest BCUT2D eigenvalue weighted by molar-refractivity contribution is 6.10. The second kappa shape index (κ2) is 13.9. The SMILES string of the molecule is c1ccc2cc(-c3ccc4c(ccc5cc(N(c6cc7nc(-c8cccc9ccccc89)oc7cn6)c6cc7nc(-c8cccc9ccccc89)oc7cn6)ccc54)c3)ccc2c1. The minimum atomic E-state index is 0.539. The van der Waals surface area contributed by atoms with Gasteiger partial charge in [0.2, 0.25) is 11.8 Å². The lowest BCUT2D eigenvalue weighted by Gasteiger charge is -2.23. The number of benzene rings is 9. The van der Waals surface area contributed by atoms with Crippen LogP contribution in [0.15, 0.2) is 209 Å². The van der Waals surface area contributed by atoms with E-state index in [0.717, 1.165) is 49.1 Å². The van der Waals surface area contributed by atoms with Gasteiger partial charge in [0.1, 0.15) is 22.7 Å². The number of oxazole rings is 2. The summed E-state index contributed by atoms with van der Waals surface area (Å²) < 4.78 is 12.7. The Hall–Kier alpha value is -8.68. The Kier molecular flexibility index (Phi) is 7.77. The molecule has 0 aliphatic rings. The normalized spacial score (nSPS) is 11.8. The molecule has 0 aliphatic heterocycles. The molecule has 0 N–H and O–H groups in total. The molecule has 0 saturated heterocycles. The highest BCUT2D eigenvalue weighted by Gasteiger charge is 2.21. The minimum Gasteiger partial charge on any atom is -0.434 e. The first-order valence-corrected chi connectivity index (χ1v) is 20.9. The molecule has 13 rings (SSSR count). The van der Waals surface area contributed by atoms with Crippen LogP contribution in [0, 0.1) is 0 Å². The molecule has 294 valence electrons. The standard InChI is InChI=1S/C56H33N5O2/c1-2-12-37-27-38(20-19-34(37)9-1)39-23-25-45-40(28-39)21-22-41-29-42(24-26-46(41)45)61(53-30-49-51(32-57-53)62-55(59-49)47-17-7-13-35-10-3-5-15-43(35)47)54-31-50-52(33-58-54)63-56(60-50)48-18-8-14-36-11-4-6-16-44(36)48/h1-33H. The Balaban J connectivity index is 0.939. The third-order valence-corrected chi connectivity index (χ3v) is 12.2. The van der Waals surface area contributed by atoms with E-state index in [2.05, 4.69) is 127 Å². The summed E-state index contributed by atoms with van der Waals surface area (Å²) in [4.78, 5) is 22.1. The van der Waals surface area contributed by atoms with Crippen molar-refractivity contribution in [2.45, 2.75) is 0 Å². The summed E-state index contributed by atoms with van der Waals surface area (Å²) in [6.07, 6.45) is 3.49. The molecule has 0 bridgehead atoms. The predicted molar refractivity (Wildman–Crippen MR) is 256 cm³/mol. The Bertz CT molecular complexity index is 3790. The Morgan fingerprint density at radius 1 is 0.349 bits per heavy atom. The van der Waals surface area contributed by atoms with Crippen molar-refractivity contribution in [2.24, 2.45) is 0 Å². The molecule has 0 amide bonds. The molecule has 0 unspecified atom stereocenters. The largest absolute Gasteiger partial charge is 0.434 e. The van der Waals surface area contributed by atoms with Crippen LogP contribution in [0.4, 0.5) is 17.3 Å². The third-order valence-electron chi connectivity index (χ3n) is 12.2. The number of nitrogens with zero attached hydrogens (tertiary/aromatic N) is 5. The molecule has 0 spiro atoms. The molecule has 7 heteroatoms. The van der Waals surface area contributed by atoms with Gasteiger partial charge in [0.25, 0.3) is 0 Å². The van der Waals surface area contributed by atoms with Gasteiger partial charge in [-0.05, 0) is 101 Å². The van der Waals surface area contributed by atoms with Crippen LogP contribution in [0.3, 0.4) is 0 Å². The third kappa shape index (κ3) is 5.90. The Labute approximate surface area is 360 Å². The van der Waals surface area contributed by atoms with E-state index in [1.54, 1.807) is 12.4 Å². The number of pyridine rings is 2. The second-order valence-corrected chi connectivity index (χ2v) is 15.9. The fraction of sp³-hybridized carbons (Fsp3) is 0. The van der Waals surface area contributed by atoms with Crippen LogP contribution in [-0.4, -0.2) is 19.9 Å². The minimum absolute atomic E-state index is 0.539. The first-order valence-electron chi connectivity index (χ1n) is 20.9. The highest BCUT2D eigenvalue weighted by Crippen LogP contribution is 2.40. The number of aromatic nitrogens is 4. The van der Waals surface area contributed by atoms with E-state index >= 15 is 0 Å². The molecular formula is C56H33N5O2. The highest BCUT2D eigenvalue weighted by atomic mass is 16.4. The molecular weight excluding hydrogens is 775 g/mol. The Morgan fingerprint density at radius 2 is 0.825 bits per heavy atom. The summed E-state index contributed by atoms with van der Waals surface area (Å²) >= 11 is 0. The van der Waals surface area contributed by atoms with Gasteiger partial charge >= 0.3 is 0 Å². The van der Waals surface area contributed by atoms with E-state index < -0.39 is 0 Å². The van der Waals surface area contributed by atoms with Crippen molar-refractivity contribution in [2.75, 3.05) is 4.90 Å². The lowest BCUT2D eigenvalue weighted by Crippen LogP contribution is -2.13. The first-order chi connectivity index (χ1) is 31.2. The zero-order valence-electron chi connectivity index (χ0n) is 33.6. The number of anilines is 3. The van der Waals surface area contributed by atoms with Gasteiger partial charge in [0, 0.05) is 28.9 Å². The molecule has 13 aromatic rings. The van der Waals surface area contributed by atoms with Gasteiger partial charge in [-0.15, -0.1) is 0 Å². The van der Waals surface area contributed by atoms with Crippen molar-refractivity contribution in [3.63, 3.8) is 0 Å². The summed E-state index contributed by atoms with van der Waals surface area (Å²) in [5.74, 6) is 2.34. The van der Waals surface area contributed by atoms with E-state index in [1.807, 2.05) is 65.6 Å². The lowest BCUT2D eigenvalue weighted by atomic mass is 9.96. The molecule has 0 aliphatic carbocycles. The zero-order valence-corrected chi connectivity index (χ0v) is 33.6. The smallest absolute Gasteiger partial charge is 0.228 e. The van der Waals surface area contributed by atoms with E-state index in [0.29, 0.717) is 45.6 Å². The summed E-state index contributed by atoms with van der Waals surface area (Å²) in [5.41, 5.74) is 7.66. The topological polar surface area (TPSA) is 81.1 Å². The van der Waals surface area contributed by atoms with Crippen LogP contribution < -0.4 is 4.90 Å². The quantitative estimate of drug-likeness (QED) is 0.155. The van der Waals surface area contributed by atoms with Gasteiger partial charge in [0.15, 0.2) is 11.2 Å². The molecule has 4 aromatic heterocycles. The lowest BCUT2D eigenvalue weighted by molar-refractivity contribution is 0.619. The van der Waals surface area contributed by atoms with E-state index in [1.165, 1.54) is 32.7 Å². The number of hydrogen-bond acceptors (Lipinski definition) is 7. The molecule has 0 fully saturated rings. The van der Waals surface area contributed by atoms with Crippen molar-refractivity contribution in [3.8, 4) is 34.0 Å². The molecule has 0 saturated carbocycles. The predicted octanol–water partition coefficient (Wildman–Crippen LogP) is 15.0. The molecule has 0 radical (unpaired) electrons. The molecule has 63 heavy (non-hydrogen) atoms. The zero-order chi connectivity index (χ0) is 41.4. The van der Waals surface area contributed by atoms with Crippen LogP contribution >= 0.6 is 0 Å². The fourth-order valence-electron chi connectivity index (χ4n) is 9.07. The van der Waals surface area contributed by atoms with Crippen LogP contribution in [0.1, 0.15) is 0 Å². The molecule has 9 aromatic carbocycles. The number of rotatable bonds is 6. The maximum absolute atomic E-state index is 6.37. The Morgan fingerprint density at radius 3 is 1.44 bits per heavy atom. The van der Waals surface area contributed by atoms with Gasteiger partial charge in [-0.25, -0.2) is 19.9 Å². The van der Waals surface area contributed by atoms with Gasteiger partial charge in [-0.2, -0.15) is 0 Å². The van der Waals surface area contributed by atoms with Crippen molar-refractivity contribution in [1.29, 1.82) is 0 Å². The van der Waals surface area contributed by atoms with Crippen LogP contribution in [-0.2, 0) is 0 Å². The van der Waals surface area contributed by atoms with Crippen LogP contribution in [0.25, 0.3) is 110 Å². The van der Waals surface area contributed by atoms with Crippen molar-refractivity contribution >= 4 is 93.4 Å². The summed E-state index contributed by atoms with van der Waals surface area (Å²) in [7, 11) is 0. The van der Waals surface area contributed by atoms with E-state index in [-0.39, 0.29) is 0 Å².